The van der Waals surface area contributed by atoms with Gasteiger partial charge in [0, 0.05) is 12.0 Å². The number of likely N-dealkylation sites (tertiary alicyclic amines) is 1. The van der Waals surface area contributed by atoms with E-state index in [4.69, 9.17) is 5.26 Å². The van der Waals surface area contributed by atoms with E-state index < -0.39 is 0 Å². The van der Waals surface area contributed by atoms with Crippen LogP contribution >= 0.6 is 0 Å². The fraction of sp³-hybridized carbons (Fsp3) is 0.944. The molecule has 20 heavy (non-hydrogen) atoms. The molecular formula is C18H32N2. The van der Waals surface area contributed by atoms with Gasteiger partial charge >= 0.3 is 0 Å². The Kier molecular flexibility index (Phi) is 6.87. The second-order valence-corrected chi connectivity index (χ2v) is 6.96. The van der Waals surface area contributed by atoms with E-state index in [9.17, 15) is 0 Å². The van der Waals surface area contributed by atoms with Crippen LogP contribution in [-0.4, -0.2) is 24.0 Å². The first-order valence-electron chi connectivity index (χ1n) is 8.97. The van der Waals surface area contributed by atoms with Crippen molar-refractivity contribution in [3.8, 4) is 6.07 Å². The lowest BCUT2D eigenvalue weighted by atomic mass is 9.84. The van der Waals surface area contributed by atoms with Gasteiger partial charge in [-0.2, -0.15) is 5.26 Å². The Morgan fingerprint density at radius 3 is 2.25 bits per heavy atom. The molecule has 114 valence electrons. The number of hydrogen-bond acceptors (Lipinski definition) is 2. The number of nitrogens with zero attached hydrogens (tertiary/aromatic N) is 2. The van der Waals surface area contributed by atoms with Gasteiger partial charge in [-0.15, -0.1) is 0 Å². The van der Waals surface area contributed by atoms with Crippen molar-refractivity contribution in [2.75, 3.05) is 13.1 Å². The summed E-state index contributed by atoms with van der Waals surface area (Å²) in [4.78, 5) is 2.73. The monoisotopic (exact) mass is 276 g/mol. The van der Waals surface area contributed by atoms with E-state index in [0.717, 1.165) is 24.8 Å². The van der Waals surface area contributed by atoms with E-state index >= 15 is 0 Å². The topological polar surface area (TPSA) is 27.0 Å². The fourth-order valence-electron chi connectivity index (χ4n) is 4.04. The lowest BCUT2D eigenvalue weighted by Gasteiger charge is -2.40. The average Bonchev–Trinajstić information content (AvgIpc) is 2.52. The summed E-state index contributed by atoms with van der Waals surface area (Å²) in [6, 6.07) is 3.24. The Labute approximate surface area is 125 Å². The van der Waals surface area contributed by atoms with Crippen LogP contribution < -0.4 is 0 Å². The van der Waals surface area contributed by atoms with Crippen LogP contribution in [0.3, 0.4) is 0 Å². The van der Waals surface area contributed by atoms with Gasteiger partial charge in [-0.3, -0.25) is 0 Å². The number of piperidine rings is 1. The molecule has 0 N–H and O–H groups in total. The summed E-state index contributed by atoms with van der Waals surface area (Å²) >= 11 is 0. The number of hydrogen-bond donors (Lipinski definition) is 0. The predicted molar refractivity (Wildman–Crippen MR) is 84.4 cm³/mol. The van der Waals surface area contributed by atoms with Crippen molar-refractivity contribution in [1.82, 2.24) is 4.90 Å². The molecule has 0 atom stereocenters. The maximum absolute atomic E-state index is 8.98. The van der Waals surface area contributed by atoms with Crippen LogP contribution in [0.25, 0.3) is 0 Å². The Bertz CT molecular complexity index is 291. The van der Waals surface area contributed by atoms with Crippen LogP contribution in [0.5, 0.6) is 0 Å². The smallest absolute Gasteiger partial charge is 0.0655 e. The Balaban J connectivity index is 1.61. The molecule has 0 unspecified atom stereocenters. The van der Waals surface area contributed by atoms with E-state index in [2.05, 4.69) is 17.9 Å². The Hall–Kier alpha value is -0.550. The molecule has 1 saturated heterocycles. The molecule has 2 heteroatoms. The standard InChI is InChI=1S/C18H32N2/c1-2-3-4-5-6-16-11-13-20(14-12-16)18-9-7-17(15-19)8-10-18/h16-18H,2-14H2,1H3. The summed E-state index contributed by atoms with van der Waals surface area (Å²) in [7, 11) is 0. The molecule has 0 aromatic rings. The third kappa shape index (κ3) is 4.77. The lowest BCUT2D eigenvalue weighted by Crippen LogP contribution is -2.43. The molecule has 0 bridgehead atoms. The minimum Gasteiger partial charge on any atom is -0.300 e. The van der Waals surface area contributed by atoms with Gasteiger partial charge in [0.15, 0.2) is 0 Å². The summed E-state index contributed by atoms with van der Waals surface area (Å²) in [6.45, 7) is 4.93. The molecule has 2 aliphatic rings. The maximum atomic E-state index is 8.98. The Morgan fingerprint density at radius 1 is 0.950 bits per heavy atom. The molecular weight excluding hydrogens is 244 g/mol. The molecule has 1 aliphatic carbocycles. The van der Waals surface area contributed by atoms with E-state index in [1.54, 1.807) is 0 Å². The van der Waals surface area contributed by atoms with Crippen molar-refractivity contribution >= 4 is 0 Å². The third-order valence-corrected chi connectivity index (χ3v) is 5.51. The van der Waals surface area contributed by atoms with Crippen LogP contribution in [0, 0.1) is 23.2 Å². The zero-order chi connectivity index (χ0) is 14.2. The zero-order valence-corrected chi connectivity index (χ0v) is 13.3. The van der Waals surface area contributed by atoms with Gasteiger partial charge in [0.05, 0.1) is 6.07 Å². The highest BCUT2D eigenvalue weighted by Gasteiger charge is 2.28. The fourth-order valence-corrected chi connectivity index (χ4v) is 4.04. The van der Waals surface area contributed by atoms with Crippen molar-refractivity contribution in [1.29, 1.82) is 5.26 Å². The van der Waals surface area contributed by atoms with Crippen LogP contribution in [-0.2, 0) is 0 Å². The van der Waals surface area contributed by atoms with Crippen molar-refractivity contribution in [3.63, 3.8) is 0 Å². The highest BCUT2D eigenvalue weighted by atomic mass is 15.2. The molecule has 1 saturated carbocycles. The molecule has 1 heterocycles. The minimum absolute atomic E-state index is 0.349. The molecule has 2 nitrogen and oxygen atoms in total. The first-order valence-corrected chi connectivity index (χ1v) is 8.97. The summed E-state index contributed by atoms with van der Waals surface area (Å²) in [5, 5.41) is 8.98. The van der Waals surface area contributed by atoms with Crippen molar-refractivity contribution in [2.45, 2.75) is 83.6 Å². The predicted octanol–water partition coefficient (Wildman–Crippen LogP) is 4.75. The normalized spacial score (nSPS) is 29.2. The van der Waals surface area contributed by atoms with Crippen LogP contribution in [0.2, 0.25) is 0 Å². The minimum atomic E-state index is 0.349. The van der Waals surface area contributed by atoms with Gasteiger partial charge in [-0.1, -0.05) is 39.0 Å². The molecule has 0 amide bonds. The number of rotatable bonds is 6. The highest BCUT2D eigenvalue weighted by Crippen LogP contribution is 2.31. The summed E-state index contributed by atoms with van der Waals surface area (Å²) < 4.78 is 0. The maximum Gasteiger partial charge on any atom is 0.0655 e. The third-order valence-electron chi connectivity index (χ3n) is 5.51. The average molecular weight is 276 g/mol. The van der Waals surface area contributed by atoms with Gasteiger partial charge in [-0.25, -0.2) is 0 Å². The second kappa shape index (κ2) is 8.67. The van der Waals surface area contributed by atoms with Gasteiger partial charge in [-0.05, 0) is 57.5 Å². The van der Waals surface area contributed by atoms with Crippen molar-refractivity contribution in [2.24, 2.45) is 11.8 Å². The number of nitriles is 1. The van der Waals surface area contributed by atoms with Gasteiger partial charge in [0.2, 0.25) is 0 Å². The van der Waals surface area contributed by atoms with Crippen LogP contribution in [0.1, 0.15) is 77.6 Å². The van der Waals surface area contributed by atoms with E-state index in [1.165, 1.54) is 70.9 Å². The molecule has 0 aromatic carbocycles. The first kappa shape index (κ1) is 15.8. The second-order valence-electron chi connectivity index (χ2n) is 6.96. The number of unbranched alkanes of at least 4 members (excludes halogenated alkanes) is 3. The summed E-state index contributed by atoms with van der Waals surface area (Å²) in [5.41, 5.74) is 0. The first-order chi connectivity index (χ1) is 9.83. The molecule has 0 spiro atoms. The largest absolute Gasteiger partial charge is 0.300 e. The van der Waals surface area contributed by atoms with Gasteiger partial charge in [0.1, 0.15) is 0 Å². The molecule has 1 aliphatic heterocycles. The highest BCUT2D eigenvalue weighted by molar-refractivity contribution is 4.90. The molecule has 2 rings (SSSR count). The Morgan fingerprint density at radius 2 is 1.65 bits per heavy atom. The van der Waals surface area contributed by atoms with Gasteiger partial charge in [0.25, 0.3) is 0 Å². The van der Waals surface area contributed by atoms with E-state index in [-0.39, 0.29) is 0 Å². The van der Waals surface area contributed by atoms with Crippen molar-refractivity contribution < 1.29 is 0 Å². The SMILES string of the molecule is CCCCCCC1CCN(C2CCC(C#N)CC2)CC1. The zero-order valence-electron chi connectivity index (χ0n) is 13.3. The summed E-state index contributed by atoms with van der Waals surface area (Å²) in [5.74, 6) is 1.35. The van der Waals surface area contributed by atoms with Crippen molar-refractivity contribution in [3.05, 3.63) is 0 Å². The quantitative estimate of drug-likeness (QED) is 0.654. The molecule has 2 fully saturated rings. The van der Waals surface area contributed by atoms with E-state index in [0.29, 0.717) is 5.92 Å². The summed E-state index contributed by atoms with van der Waals surface area (Å²) in [6.07, 6.45) is 14.8. The van der Waals surface area contributed by atoms with Crippen LogP contribution in [0.4, 0.5) is 0 Å². The van der Waals surface area contributed by atoms with E-state index in [1.807, 2.05) is 0 Å². The van der Waals surface area contributed by atoms with Crippen LogP contribution in [0.15, 0.2) is 0 Å². The lowest BCUT2D eigenvalue weighted by molar-refractivity contribution is 0.0975. The van der Waals surface area contributed by atoms with Gasteiger partial charge < -0.3 is 4.90 Å². The molecule has 0 aromatic heterocycles. The molecule has 0 radical (unpaired) electrons.